The van der Waals surface area contributed by atoms with E-state index in [0.717, 1.165) is 31.7 Å². The van der Waals surface area contributed by atoms with E-state index >= 15 is 0 Å². The van der Waals surface area contributed by atoms with E-state index in [0.29, 0.717) is 5.56 Å². The molecule has 0 bridgehead atoms. The second-order valence-electron chi connectivity index (χ2n) is 5.28. The summed E-state index contributed by atoms with van der Waals surface area (Å²) in [6, 6.07) is 20.0. The number of nitriles is 1. The van der Waals surface area contributed by atoms with Gasteiger partial charge in [-0.15, -0.1) is 0 Å². The average molecular weight is 278 g/mol. The Bertz CT molecular complexity index is 608. The van der Waals surface area contributed by atoms with Crippen molar-refractivity contribution in [3.05, 3.63) is 60.2 Å². The third kappa shape index (κ3) is 3.35. The minimum atomic E-state index is 0.262. The van der Waals surface area contributed by atoms with Crippen LogP contribution in [0.5, 0.6) is 5.75 Å². The molecule has 1 saturated heterocycles. The summed E-state index contributed by atoms with van der Waals surface area (Å²) < 4.78 is 6.00. The van der Waals surface area contributed by atoms with Crippen LogP contribution in [0.1, 0.15) is 18.4 Å². The molecule has 1 heterocycles. The van der Waals surface area contributed by atoms with E-state index in [9.17, 15) is 0 Å². The summed E-state index contributed by atoms with van der Waals surface area (Å²) in [7, 11) is 0. The van der Waals surface area contributed by atoms with Crippen LogP contribution in [0.3, 0.4) is 0 Å². The fourth-order valence-electron chi connectivity index (χ4n) is 2.67. The van der Waals surface area contributed by atoms with Crippen molar-refractivity contribution in [1.29, 1.82) is 5.26 Å². The fraction of sp³-hybridized carbons (Fsp3) is 0.278. The Kier molecular flexibility index (Phi) is 4.07. The van der Waals surface area contributed by atoms with Crippen LogP contribution in [-0.2, 0) is 0 Å². The maximum Gasteiger partial charge on any atom is 0.119 e. The molecule has 3 nitrogen and oxygen atoms in total. The normalized spacial score (nSPS) is 15.5. The lowest BCUT2D eigenvalue weighted by atomic mass is 10.1. The van der Waals surface area contributed by atoms with Gasteiger partial charge < -0.3 is 9.64 Å². The second kappa shape index (κ2) is 6.32. The van der Waals surface area contributed by atoms with Crippen LogP contribution in [0, 0.1) is 11.3 Å². The van der Waals surface area contributed by atoms with Crippen molar-refractivity contribution in [3.8, 4) is 11.8 Å². The first kappa shape index (κ1) is 13.5. The first-order valence-corrected chi connectivity index (χ1v) is 7.32. The summed E-state index contributed by atoms with van der Waals surface area (Å²) in [6.07, 6.45) is 2.31. The molecular formula is C18H18N2O. The second-order valence-corrected chi connectivity index (χ2v) is 5.28. The lowest BCUT2D eigenvalue weighted by molar-refractivity contribution is 0.171. The minimum Gasteiger partial charge on any atom is -0.490 e. The molecule has 0 aromatic heterocycles. The van der Waals surface area contributed by atoms with Crippen molar-refractivity contribution in [3.63, 3.8) is 0 Å². The van der Waals surface area contributed by atoms with Crippen LogP contribution in [0.25, 0.3) is 0 Å². The maximum absolute atomic E-state index is 8.79. The molecule has 0 saturated carbocycles. The quantitative estimate of drug-likeness (QED) is 0.860. The maximum atomic E-state index is 8.79. The predicted octanol–water partition coefficient (Wildman–Crippen LogP) is 3.61. The van der Waals surface area contributed by atoms with Crippen LogP contribution in [0.2, 0.25) is 0 Å². The first-order chi connectivity index (χ1) is 10.3. The molecule has 1 aliphatic rings. The van der Waals surface area contributed by atoms with Gasteiger partial charge in [0, 0.05) is 31.6 Å². The molecule has 21 heavy (non-hydrogen) atoms. The number of ether oxygens (including phenoxy) is 1. The predicted molar refractivity (Wildman–Crippen MR) is 83.5 cm³/mol. The van der Waals surface area contributed by atoms with Crippen LogP contribution >= 0.6 is 0 Å². The smallest absolute Gasteiger partial charge is 0.119 e. The third-order valence-corrected chi connectivity index (χ3v) is 3.85. The van der Waals surface area contributed by atoms with E-state index in [-0.39, 0.29) is 6.10 Å². The topological polar surface area (TPSA) is 36.3 Å². The molecule has 106 valence electrons. The average Bonchev–Trinajstić information content (AvgIpc) is 2.57. The van der Waals surface area contributed by atoms with E-state index in [1.54, 1.807) is 12.1 Å². The number of anilines is 1. The van der Waals surface area contributed by atoms with Crippen molar-refractivity contribution < 1.29 is 4.74 Å². The van der Waals surface area contributed by atoms with E-state index < -0.39 is 0 Å². The number of rotatable bonds is 3. The first-order valence-electron chi connectivity index (χ1n) is 7.32. The zero-order valence-electron chi connectivity index (χ0n) is 11.9. The van der Waals surface area contributed by atoms with Crippen LogP contribution in [0.4, 0.5) is 5.69 Å². The largest absolute Gasteiger partial charge is 0.490 e. The van der Waals surface area contributed by atoms with Gasteiger partial charge in [0.15, 0.2) is 0 Å². The molecule has 0 amide bonds. The summed E-state index contributed by atoms with van der Waals surface area (Å²) in [5, 5.41) is 8.79. The number of benzene rings is 2. The molecule has 0 N–H and O–H groups in total. The molecule has 0 aliphatic carbocycles. The van der Waals surface area contributed by atoms with Gasteiger partial charge >= 0.3 is 0 Å². The number of para-hydroxylation sites is 1. The van der Waals surface area contributed by atoms with E-state index in [1.807, 2.05) is 18.2 Å². The van der Waals surface area contributed by atoms with Crippen LogP contribution in [0.15, 0.2) is 54.6 Å². The van der Waals surface area contributed by atoms with Crippen molar-refractivity contribution in [2.45, 2.75) is 18.9 Å². The molecule has 1 fully saturated rings. The van der Waals surface area contributed by atoms with Gasteiger partial charge in [0.1, 0.15) is 11.9 Å². The van der Waals surface area contributed by atoms with Gasteiger partial charge in [0.05, 0.1) is 11.6 Å². The molecule has 2 aromatic rings. The monoisotopic (exact) mass is 278 g/mol. The molecular weight excluding hydrogens is 260 g/mol. The van der Waals surface area contributed by atoms with Gasteiger partial charge in [-0.05, 0) is 36.4 Å². The number of hydrogen-bond acceptors (Lipinski definition) is 3. The summed E-state index contributed by atoms with van der Waals surface area (Å²) in [5.41, 5.74) is 1.95. The standard InChI is InChI=1S/C18H18N2O/c19-14-15-6-8-17(9-7-15)21-18-10-12-20(13-11-18)16-4-2-1-3-5-16/h1-9,18H,10-13H2. The van der Waals surface area contributed by atoms with Crippen molar-refractivity contribution in [2.24, 2.45) is 0 Å². The van der Waals surface area contributed by atoms with Gasteiger partial charge in [0.25, 0.3) is 0 Å². The highest BCUT2D eigenvalue weighted by Crippen LogP contribution is 2.23. The van der Waals surface area contributed by atoms with E-state index in [1.165, 1.54) is 5.69 Å². The van der Waals surface area contributed by atoms with Gasteiger partial charge in [-0.1, -0.05) is 18.2 Å². The molecule has 0 spiro atoms. The highest BCUT2D eigenvalue weighted by molar-refractivity contribution is 5.46. The zero-order valence-corrected chi connectivity index (χ0v) is 11.9. The van der Waals surface area contributed by atoms with E-state index in [4.69, 9.17) is 10.00 Å². The Hall–Kier alpha value is -2.47. The molecule has 3 heteroatoms. The molecule has 1 aliphatic heterocycles. The summed E-state index contributed by atoms with van der Waals surface area (Å²) >= 11 is 0. The Morgan fingerprint density at radius 2 is 1.62 bits per heavy atom. The lowest BCUT2D eigenvalue weighted by Crippen LogP contribution is -2.38. The molecule has 0 radical (unpaired) electrons. The summed E-state index contributed by atoms with van der Waals surface area (Å²) in [5.74, 6) is 0.854. The minimum absolute atomic E-state index is 0.262. The van der Waals surface area contributed by atoms with Gasteiger partial charge in [0.2, 0.25) is 0 Å². The third-order valence-electron chi connectivity index (χ3n) is 3.85. The zero-order chi connectivity index (χ0) is 14.5. The van der Waals surface area contributed by atoms with Crippen molar-refractivity contribution in [2.75, 3.05) is 18.0 Å². The Labute approximate surface area is 125 Å². The molecule has 2 aromatic carbocycles. The molecule has 0 atom stereocenters. The summed E-state index contributed by atoms with van der Waals surface area (Å²) in [4.78, 5) is 2.40. The lowest BCUT2D eigenvalue weighted by Gasteiger charge is -2.33. The van der Waals surface area contributed by atoms with E-state index in [2.05, 4.69) is 35.2 Å². The Morgan fingerprint density at radius 3 is 2.24 bits per heavy atom. The van der Waals surface area contributed by atoms with Crippen molar-refractivity contribution >= 4 is 5.69 Å². The number of hydrogen-bond donors (Lipinski definition) is 0. The number of piperidine rings is 1. The Balaban J connectivity index is 1.55. The van der Waals surface area contributed by atoms with Gasteiger partial charge in [-0.25, -0.2) is 0 Å². The fourth-order valence-corrected chi connectivity index (χ4v) is 2.67. The Morgan fingerprint density at radius 1 is 0.952 bits per heavy atom. The van der Waals surface area contributed by atoms with Gasteiger partial charge in [-0.2, -0.15) is 5.26 Å². The summed E-state index contributed by atoms with van der Waals surface area (Å²) in [6.45, 7) is 2.04. The van der Waals surface area contributed by atoms with Crippen LogP contribution < -0.4 is 9.64 Å². The van der Waals surface area contributed by atoms with Crippen molar-refractivity contribution in [1.82, 2.24) is 0 Å². The number of nitrogens with zero attached hydrogens (tertiary/aromatic N) is 2. The SMILES string of the molecule is N#Cc1ccc(OC2CCN(c3ccccc3)CC2)cc1. The molecule has 0 unspecified atom stereocenters. The highest BCUT2D eigenvalue weighted by atomic mass is 16.5. The highest BCUT2D eigenvalue weighted by Gasteiger charge is 2.20. The van der Waals surface area contributed by atoms with Gasteiger partial charge in [-0.3, -0.25) is 0 Å². The van der Waals surface area contributed by atoms with Crippen LogP contribution in [-0.4, -0.2) is 19.2 Å². The molecule has 3 rings (SSSR count).